The minimum Gasteiger partial charge on any atom is -0.481 e. The van der Waals surface area contributed by atoms with Crippen molar-refractivity contribution in [1.29, 1.82) is 0 Å². The lowest BCUT2D eigenvalue weighted by Gasteiger charge is -2.10. The maximum atomic E-state index is 10.9. The zero-order valence-corrected chi connectivity index (χ0v) is 11.6. The zero-order chi connectivity index (χ0) is 14.5. The van der Waals surface area contributed by atoms with E-state index < -0.39 is 17.9 Å². The van der Waals surface area contributed by atoms with Crippen molar-refractivity contribution in [2.45, 2.75) is 64.2 Å². The Bertz CT molecular complexity index is 273. The van der Waals surface area contributed by atoms with Crippen LogP contribution in [-0.2, 0) is 9.59 Å². The molecule has 0 amide bonds. The second kappa shape index (κ2) is 11.8. The van der Waals surface area contributed by atoms with Gasteiger partial charge in [-0.1, -0.05) is 38.2 Å². The van der Waals surface area contributed by atoms with Crippen LogP contribution in [0.25, 0.3) is 0 Å². The number of hydrogen-bond donors (Lipinski definition) is 2. The molecule has 0 aromatic heterocycles. The smallest absolute Gasteiger partial charge is 0.306 e. The first-order valence-electron chi connectivity index (χ1n) is 7.13. The van der Waals surface area contributed by atoms with Gasteiger partial charge in [-0.3, -0.25) is 9.59 Å². The number of unbranched alkanes of at least 4 members (excludes halogenated alkanes) is 6. The van der Waals surface area contributed by atoms with Crippen molar-refractivity contribution < 1.29 is 19.8 Å². The van der Waals surface area contributed by atoms with Crippen LogP contribution in [0, 0.1) is 5.92 Å². The Morgan fingerprint density at radius 3 is 2.05 bits per heavy atom. The molecule has 4 heteroatoms. The molecule has 4 nitrogen and oxygen atoms in total. The summed E-state index contributed by atoms with van der Waals surface area (Å²) < 4.78 is 0. The minimum atomic E-state index is -0.923. The standard InChI is InChI=1S/C15H26O4/c1-2-3-4-5-6-7-8-9-10-13(15(18)19)11-12-14(16)17/h2,13H,1,3-12H2,(H,16,17)(H,18,19)/t13-/m1/s1. The summed E-state index contributed by atoms with van der Waals surface area (Å²) in [7, 11) is 0. The van der Waals surface area contributed by atoms with Crippen LogP contribution in [0.5, 0.6) is 0 Å². The normalized spacial score (nSPS) is 12.0. The molecule has 0 spiro atoms. The molecule has 2 N–H and O–H groups in total. The quantitative estimate of drug-likeness (QED) is 0.393. The monoisotopic (exact) mass is 270 g/mol. The van der Waals surface area contributed by atoms with Gasteiger partial charge in [0.2, 0.25) is 0 Å². The topological polar surface area (TPSA) is 74.6 Å². The van der Waals surface area contributed by atoms with Crippen molar-refractivity contribution in [2.24, 2.45) is 5.92 Å². The van der Waals surface area contributed by atoms with E-state index in [1.807, 2.05) is 6.08 Å². The molecule has 0 unspecified atom stereocenters. The van der Waals surface area contributed by atoms with Crippen molar-refractivity contribution in [3.05, 3.63) is 12.7 Å². The van der Waals surface area contributed by atoms with E-state index in [0.29, 0.717) is 6.42 Å². The molecular formula is C15H26O4. The van der Waals surface area contributed by atoms with Crippen LogP contribution < -0.4 is 0 Å². The number of carbonyl (C=O) groups is 2. The highest BCUT2D eigenvalue weighted by Gasteiger charge is 2.17. The molecule has 0 aromatic rings. The molecule has 110 valence electrons. The summed E-state index contributed by atoms with van der Waals surface area (Å²) in [5.74, 6) is -2.29. The molecule has 0 radical (unpaired) electrons. The Hall–Kier alpha value is -1.32. The van der Waals surface area contributed by atoms with Crippen LogP contribution >= 0.6 is 0 Å². The van der Waals surface area contributed by atoms with Gasteiger partial charge in [0.1, 0.15) is 0 Å². The highest BCUT2D eigenvalue weighted by Crippen LogP contribution is 2.17. The van der Waals surface area contributed by atoms with E-state index in [-0.39, 0.29) is 12.8 Å². The summed E-state index contributed by atoms with van der Waals surface area (Å²) in [5, 5.41) is 17.5. The zero-order valence-electron chi connectivity index (χ0n) is 11.6. The van der Waals surface area contributed by atoms with Gasteiger partial charge in [-0.05, 0) is 25.7 Å². The van der Waals surface area contributed by atoms with Crippen LogP contribution in [0.3, 0.4) is 0 Å². The second-order valence-corrected chi connectivity index (χ2v) is 4.95. The van der Waals surface area contributed by atoms with Gasteiger partial charge < -0.3 is 10.2 Å². The van der Waals surface area contributed by atoms with Crippen LogP contribution in [0.15, 0.2) is 12.7 Å². The lowest BCUT2D eigenvalue weighted by Crippen LogP contribution is -2.15. The summed E-state index contributed by atoms with van der Waals surface area (Å²) in [4.78, 5) is 21.4. The fourth-order valence-electron chi connectivity index (χ4n) is 2.08. The van der Waals surface area contributed by atoms with Crippen molar-refractivity contribution >= 4 is 11.9 Å². The number of carboxylic acids is 2. The summed E-state index contributed by atoms with van der Waals surface area (Å²) in [5.41, 5.74) is 0. The van der Waals surface area contributed by atoms with Gasteiger partial charge in [-0.2, -0.15) is 0 Å². The Morgan fingerprint density at radius 2 is 1.53 bits per heavy atom. The van der Waals surface area contributed by atoms with Crippen LogP contribution in [-0.4, -0.2) is 22.2 Å². The molecule has 0 rings (SSSR count). The average molecular weight is 270 g/mol. The fraction of sp³-hybridized carbons (Fsp3) is 0.733. The molecule has 0 bridgehead atoms. The lowest BCUT2D eigenvalue weighted by molar-refractivity contribution is -0.143. The van der Waals surface area contributed by atoms with E-state index >= 15 is 0 Å². The van der Waals surface area contributed by atoms with E-state index in [1.165, 1.54) is 19.3 Å². The molecule has 19 heavy (non-hydrogen) atoms. The molecule has 1 atom stereocenters. The number of allylic oxidation sites excluding steroid dienone is 1. The fourth-order valence-corrected chi connectivity index (χ4v) is 2.08. The van der Waals surface area contributed by atoms with E-state index in [2.05, 4.69) is 6.58 Å². The molecule has 0 aromatic carbocycles. The Morgan fingerprint density at radius 1 is 0.947 bits per heavy atom. The van der Waals surface area contributed by atoms with Gasteiger partial charge in [0.15, 0.2) is 0 Å². The lowest BCUT2D eigenvalue weighted by atomic mass is 9.96. The molecule has 0 saturated heterocycles. The maximum absolute atomic E-state index is 10.9. The van der Waals surface area contributed by atoms with Gasteiger partial charge in [0.05, 0.1) is 5.92 Å². The van der Waals surface area contributed by atoms with Gasteiger partial charge in [-0.25, -0.2) is 0 Å². The largest absolute Gasteiger partial charge is 0.481 e. The summed E-state index contributed by atoms with van der Waals surface area (Å²) in [6.45, 7) is 3.68. The van der Waals surface area contributed by atoms with Crippen LogP contribution in [0.4, 0.5) is 0 Å². The molecule has 0 fully saturated rings. The van der Waals surface area contributed by atoms with E-state index in [4.69, 9.17) is 10.2 Å². The van der Waals surface area contributed by atoms with Crippen molar-refractivity contribution in [2.75, 3.05) is 0 Å². The number of carboxylic acid groups (broad SMARTS) is 2. The van der Waals surface area contributed by atoms with Gasteiger partial charge in [0.25, 0.3) is 0 Å². The third-order valence-corrected chi connectivity index (χ3v) is 3.27. The predicted octanol–water partition coefficient (Wildman–Crippen LogP) is 3.86. The second-order valence-electron chi connectivity index (χ2n) is 4.95. The highest BCUT2D eigenvalue weighted by molar-refractivity contribution is 5.72. The third kappa shape index (κ3) is 11.5. The van der Waals surface area contributed by atoms with Crippen molar-refractivity contribution in [1.82, 2.24) is 0 Å². The first kappa shape index (κ1) is 17.7. The van der Waals surface area contributed by atoms with Crippen LogP contribution in [0.1, 0.15) is 64.2 Å². The summed E-state index contributed by atoms with van der Waals surface area (Å²) in [6.07, 6.45) is 10.4. The first-order valence-corrected chi connectivity index (χ1v) is 7.13. The SMILES string of the molecule is C=CCCCCCCCC[C@H](CCC(=O)O)C(=O)O. The third-order valence-electron chi connectivity index (χ3n) is 3.27. The first-order chi connectivity index (χ1) is 9.07. The minimum absolute atomic E-state index is 0.0570. The van der Waals surface area contributed by atoms with Crippen LogP contribution in [0.2, 0.25) is 0 Å². The average Bonchev–Trinajstić information content (AvgIpc) is 2.35. The maximum Gasteiger partial charge on any atom is 0.306 e. The predicted molar refractivity (Wildman–Crippen MR) is 75.1 cm³/mol. The molecule has 0 aliphatic carbocycles. The van der Waals surface area contributed by atoms with Gasteiger partial charge in [0, 0.05) is 6.42 Å². The van der Waals surface area contributed by atoms with Crippen molar-refractivity contribution in [3.8, 4) is 0 Å². The summed E-state index contributed by atoms with van der Waals surface area (Å²) >= 11 is 0. The van der Waals surface area contributed by atoms with E-state index in [0.717, 1.165) is 25.7 Å². The Kier molecular flexibility index (Phi) is 10.9. The molecule has 0 saturated carbocycles. The van der Waals surface area contributed by atoms with Gasteiger partial charge in [-0.15, -0.1) is 6.58 Å². The molecule has 0 aliphatic rings. The molecular weight excluding hydrogens is 244 g/mol. The highest BCUT2D eigenvalue weighted by atomic mass is 16.4. The molecule has 0 aliphatic heterocycles. The number of rotatable bonds is 13. The van der Waals surface area contributed by atoms with Crippen molar-refractivity contribution in [3.63, 3.8) is 0 Å². The number of aliphatic carboxylic acids is 2. The molecule has 0 heterocycles. The van der Waals surface area contributed by atoms with Gasteiger partial charge >= 0.3 is 11.9 Å². The Balaban J connectivity index is 3.56. The van der Waals surface area contributed by atoms with E-state index in [9.17, 15) is 9.59 Å². The Labute approximate surface area is 115 Å². The number of hydrogen-bond acceptors (Lipinski definition) is 2. The summed E-state index contributed by atoms with van der Waals surface area (Å²) in [6, 6.07) is 0. The van der Waals surface area contributed by atoms with E-state index in [1.54, 1.807) is 0 Å².